The summed E-state index contributed by atoms with van der Waals surface area (Å²) in [5, 5.41) is 4.22. The summed E-state index contributed by atoms with van der Waals surface area (Å²) in [4.78, 5) is 14.2. The number of hydrogen-bond donors (Lipinski definition) is 0. The van der Waals surface area contributed by atoms with E-state index in [0.29, 0.717) is 13.2 Å². The zero-order valence-corrected chi connectivity index (χ0v) is 18.7. The van der Waals surface area contributed by atoms with Gasteiger partial charge in [-0.15, -0.1) is 0 Å². The van der Waals surface area contributed by atoms with E-state index in [1.807, 2.05) is 81.6 Å². The first-order valence-corrected chi connectivity index (χ1v) is 10.9. The molecule has 1 amide bonds. The van der Waals surface area contributed by atoms with Crippen LogP contribution in [0, 0.1) is 0 Å². The second-order valence-corrected chi connectivity index (χ2v) is 8.80. The summed E-state index contributed by atoms with van der Waals surface area (Å²) < 4.78 is 19.2. The van der Waals surface area contributed by atoms with E-state index >= 15 is 0 Å². The Morgan fingerprint density at radius 1 is 1.03 bits per heavy atom. The number of nitrogens with zero attached hydrogens (tertiary/aromatic N) is 3. The number of benzene rings is 2. The van der Waals surface area contributed by atoms with Crippen LogP contribution in [0.15, 0.2) is 67.0 Å². The Bertz CT molecular complexity index is 1010. The normalized spacial score (nSPS) is 16.1. The van der Waals surface area contributed by atoms with Gasteiger partial charge in [0.05, 0.1) is 11.7 Å². The van der Waals surface area contributed by atoms with Gasteiger partial charge in [0, 0.05) is 18.9 Å². The molecule has 1 aromatic heterocycles. The molecular formula is C25H29N3O4. The van der Waals surface area contributed by atoms with Crippen LogP contribution in [-0.2, 0) is 4.74 Å². The fourth-order valence-corrected chi connectivity index (χ4v) is 3.59. The highest BCUT2D eigenvalue weighted by Crippen LogP contribution is 2.26. The number of likely N-dealkylation sites (tertiary alicyclic amines) is 1. The maximum atomic E-state index is 12.4. The molecule has 0 spiro atoms. The molecular weight excluding hydrogens is 406 g/mol. The summed E-state index contributed by atoms with van der Waals surface area (Å²) in [5.74, 6) is 2.20. The molecule has 7 nitrogen and oxygen atoms in total. The Morgan fingerprint density at radius 2 is 1.69 bits per heavy atom. The van der Waals surface area contributed by atoms with Crippen molar-refractivity contribution in [3.63, 3.8) is 0 Å². The fourth-order valence-electron chi connectivity index (χ4n) is 3.59. The van der Waals surface area contributed by atoms with Gasteiger partial charge in [-0.25, -0.2) is 9.48 Å². The number of ether oxygens (including phenoxy) is 3. The third-order valence-corrected chi connectivity index (χ3v) is 5.11. The standard InChI is InChI=1S/C25H29N3O4/c1-25(2,3)32-24(29)27-16-4-6-20(27)18-30-21-11-13-23(14-12-21)31-22-9-7-19(8-10-22)28-17-5-15-26-28/h5,7-15,17,20H,4,6,16,18H2,1-3H3. The molecule has 2 heterocycles. The third-order valence-electron chi connectivity index (χ3n) is 5.11. The van der Waals surface area contributed by atoms with E-state index < -0.39 is 5.60 Å². The van der Waals surface area contributed by atoms with Crippen LogP contribution in [-0.4, -0.2) is 45.6 Å². The lowest BCUT2D eigenvalue weighted by Crippen LogP contribution is -2.42. The number of carbonyl (C=O) groups excluding carboxylic acids is 1. The second kappa shape index (κ2) is 9.34. The quantitative estimate of drug-likeness (QED) is 0.516. The van der Waals surface area contributed by atoms with E-state index in [0.717, 1.165) is 35.8 Å². The van der Waals surface area contributed by atoms with E-state index in [1.165, 1.54) is 0 Å². The first-order valence-electron chi connectivity index (χ1n) is 10.9. The molecule has 1 fully saturated rings. The van der Waals surface area contributed by atoms with Gasteiger partial charge in [0.1, 0.15) is 29.5 Å². The number of hydrogen-bond acceptors (Lipinski definition) is 5. The summed E-state index contributed by atoms with van der Waals surface area (Å²) >= 11 is 0. The van der Waals surface area contributed by atoms with Gasteiger partial charge in [-0.2, -0.15) is 5.10 Å². The Balaban J connectivity index is 1.30. The summed E-state index contributed by atoms with van der Waals surface area (Å²) in [5.41, 5.74) is 0.471. The van der Waals surface area contributed by atoms with Gasteiger partial charge in [0.2, 0.25) is 0 Å². The van der Waals surface area contributed by atoms with E-state index in [9.17, 15) is 4.79 Å². The van der Waals surface area contributed by atoms with E-state index in [4.69, 9.17) is 14.2 Å². The van der Waals surface area contributed by atoms with Crippen molar-refractivity contribution in [2.45, 2.75) is 45.3 Å². The summed E-state index contributed by atoms with van der Waals surface area (Å²) in [6, 6.07) is 17.1. The average molecular weight is 436 g/mol. The molecule has 32 heavy (non-hydrogen) atoms. The van der Waals surface area contributed by atoms with Crippen LogP contribution in [0.25, 0.3) is 5.69 Å². The molecule has 168 valence electrons. The third kappa shape index (κ3) is 5.60. The molecule has 1 aliphatic rings. The molecule has 0 aliphatic carbocycles. The van der Waals surface area contributed by atoms with Crippen molar-refractivity contribution in [1.82, 2.24) is 14.7 Å². The molecule has 0 saturated carbocycles. The summed E-state index contributed by atoms with van der Waals surface area (Å²) in [7, 11) is 0. The van der Waals surface area contributed by atoms with Crippen LogP contribution in [0.3, 0.4) is 0 Å². The highest BCUT2D eigenvalue weighted by molar-refractivity contribution is 5.69. The molecule has 3 aromatic rings. The monoisotopic (exact) mass is 435 g/mol. The van der Waals surface area contributed by atoms with Gasteiger partial charge in [0.25, 0.3) is 0 Å². The van der Waals surface area contributed by atoms with Crippen molar-refractivity contribution in [2.24, 2.45) is 0 Å². The van der Waals surface area contributed by atoms with E-state index in [1.54, 1.807) is 15.8 Å². The van der Waals surface area contributed by atoms with Crippen molar-refractivity contribution in [2.75, 3.05) is 13.2 Å². The van der Waals surface area contributed by atoms with Crippen LogP contribution in [0.2, 0.25) is 0 Å². The van der Waals surface area contributed by atoms with Crippen molar-refractivity contribution >= 4 is 6.09 Å². The van der Waals surface area contributed by atoms with Crippen molar-refractivity contribution < 1.29 is 19.0 Å². The Morgan fingerprint density at radius 3 is 2.31 bits per heavy atom. The lowest BCUT2D eigenvalue weighted by molar-refractivity contribution is 0.0187. The highest BCUT2D eigenvalue weighted by Gasteiger charge is 2.32. The predicted molar refractivity (Wildman–Crippen MR) is 122 cm³/mol. The molecule has 0 bridgehead atoms. The first kappa shape index (κ1) is 21.7. The minimum absolute atomic E-state index is 0.0223. The number of carbonyl (C=O) groups is 1. The first-order chi connectivity index (χ1) is 15.4. The number of aromatic nitrogens is 2. The molecule has 2 aromatic carbocycles. The molecule has 1 atom stereocenters. The molecule has 1 unspecified atom stereocenters. The van der Waals surface area contributed by atoms with Crippen LogP contribution < -0.4 is 9.47 Å². The topological polar surface area (TPSA) is 65.8 Å². The highest BCUT2D eigenvalue weighted by atomic mass is 16.6. The van der Waals surface area contributed by atoms with E-state index in [2.05, 4.69) is 5.10 Å². The van der Waals surface area contributed by atoms with E-state index in [-0.39, 0.29) is 12.1 Å². The van der Waals surface area contributed by atoms with Crippen LogP contribution >= 0.6 is 0 Å². The Labute approximate surface area is 188 Å². The Hall–Kier alpha value is -3.48. The molecule has 1 aliphatic heterocycles. The maximum Gasteiger partial charge on any atom is 0.410 e. The fraction of sp³-hybridized carbons (Fsp3) is 0.360. The molecule has 7 heteroatoms. The predicted octanol–water partition coefficient (Wildman–Crippen LogP) is 5.44. The molecule has 4 rings (SSSR count). The average Bonchev–Trinajstić information content (AvgIpc) is 3.45. The lowest BCUT2D eigenvalue weighted by Gasteiger charge is -2.28. The maximum absolute atomic E-state index is 12.4. The largest absolute Gasteiger partial charge is 0.491 e. The zero-order valence-electron chi connectivity index (χ0n) is 18.7. The second-order valence-electron chi connectivity index (χ2n) is 8.80. The smallest absolute Gasteiger partial charge is 0.410 e. The molecule has 0 radical (unpaired) electrons. The van der Waals surface area contributed by atoms with Crippen LogP contribution in [0.4, 0.5) is 4.79 Å². The SMILES string of the molecule is CC(C)(C)OC(=O)N1CCCC1COc1ccc(Oc2ccc(-n3cccn3)cc2)cc1. The van der Waals surface area contributed by atoms with Crippen molar-refractivity contribution in [1.29, 1.82) is 0 Å². The van der Waals surface area contributed by atoms with Crippen molar-refractivity contribution in [3.8, 4) is 22.9 Å². The summed E-state index contributed by atoms with van der Waals surface area (Å²) in [6.07, 6.45) is 5.24. The molecule has 1 saturated heterocycles. The van der Waals surface area contributed by atoms with Gasteiger partial charge in [-0.3, -0.25) is 0 Å². The number of rotatable bonds is 6. The van der Waals surface area contributed by atoms with Gasteiger partial charge in [0.15, 0.2) is 0 Å². The molecule has 0 N–H and O–H groups in total. The lowest BCUT2D eigenvalue weighted by atomic mass is 10.2. The minimum atomic E-state index is -0.500. The van der Waals surface area contributed by atoms with Gasteiger partial charge in [-0.1, -0.05) is 0 Å². The van der Waals surface area contributed by atoms with Gasteiger partial charge >= 0.3 is 6.09 Å². The Kier molecular flexibility index (Phi) is 6.35. The zero-order chi connectivity index (χ0) is 22.6. The van der Waals surface area contributed by atoms with Crippen LogP contribution in [0.1, 0.15) is 33.6 Å². The van der Waals surface area contributed by atoms with Crippen molar-refractivity contribution in [3.05, 3.63) is 67.0 Å². The summed E-state index contributed by atoms with van der Waals surface area (Å²) in [6.45, 7) is 6.78. The minimum Gasteiger partial charge on any atom is -0.491 e. The number of amides is 1. The van der Waals surface area contributed by atoms with Crippen LogP contribution in [0.5, 0.6) is 17.2 Å². The van der Waals surface area contributed by atoms with Gasteiger partial charge in [-0.05, 0) is 88.2 Å². The van der Waals surface area contributed by atoms with Gasteiger partial charge < -0.3 is 19.1 Å².